The fourth-order valence-corrected chi connectivity index (χ4v) is 2.14. The summed E-state index contributed by atoms with van der Waals surface area (Å²) in [5.74, 6) is -0.488. The van der Waals surface area contributed by atoms with Crippen LogP contribution in [0.3, 0.4) is 0 Å². The van der Waals surface area contributed by atoms with Gasteiger partial charge in [0.25, 0.3) is 5.56 Å². The number of halogens is 4. The average Bonchev–Trinajstić information content (AvgIpc) is 2.34. The molecule has 1 aromatic carbocycles. The van der Waals surface area contributed by atoms with Gasteiger partial charge in [-0.2, -0.15) is 5.10 Å². The molecule has 0 atom stereocenters. The van der Waals surface area contributed by atoms with Crippen LogP contribution in [-0.2, 0) is 6.54 Å². The maximum Gasteiger partial charge on any atom is 0.282 e. The summed E-state index contributed by atoms with van der Waals surface area (Å²) in [4.78, 5) is 11.9. The molecule has 0 N–H and O–H groups in total. The van der Waals surface area contributed by atoms with Gasteiger partial charge in [-0.1, -0.05) is 17.7 Å². The van der Waals surface area contributed by atoms with Crippen molar-refractivity contribution in [2.75, 3.05) is 0 Å². The Morgan fingerprint density at radius 1 is 1.39 bits per heavy atom. The lowest BCUT2D eigenvalue weighted by Crippen LogP contribution is -2.24. The van der Waals surface area contributed by atoms with Gasteiger partial charge >= 0.3 is 0 Å². The van der Waals surface area contributed by atoms with Crippen molar-refractivity contribution >= 4 is 43.5 Å². The summed E-state index contributed by atoms with van der Waals surface area (Å²) >= 11 is 12.0. The minimum Gasteiger partial charge on any atom is -0.266 e. The summed E-state index contributed by atoms with van der Waals surface area (Å²) in [6, 6.07) is 4.29. The van der Waals surface area contributed by atoms with Crippen LogP contribution in [0.1, 0.15) is 5.56 Å². The second-order valence-electron chi connectivity index (χ2n) is 3.52. The Balaban J connectivity index is 2.37. The minimum absolute atomic E-state index is 0.0247. The Morgan fingerprint density at radius 2 is 2.11 bits per heavy atom. The van der Waals surface area contributed by atoms with Crippen LogP contribution < -0.4 is 5.56 Å². The molecule has 0 amide bonds. The van der Waals surface area contributed by atoms with E-state index >= 15 is 0 Å². The molecule has 0 aliphatic carbocycles. The van der Waals surface area contributed by atoms with E-state index in [2.05, 4.69) is 37.0 Å². The second-order valence-corrected chi connectivity index (χ2v) is 5.57. The Labute approximate surface area is 124 Å². The minimum atomic E-state index is -0.488. The summed E-state index contributed by atoms with van der Waals surface area (Å²) in [6.45, 7) is 0.227. The highest BCUT2D eigenvalue weighted by molar-refractivity contribution is 9.13. The summed E-state index contributed by atoms with van der Waals surface area (Å²) in [5, 5.41) is 4.00. The molecular formula is C11H6Br2ClFN2O. The Hall–Kier alpha value is -0.720. The van der Waals surface area contributed by atoms with Crippen LogP contribution in [0.15, 0.2) is 38.1 Å². The quantitative estimate of drug-likeness (QED) is 0.777. The number of rotatable bonds is 2. The van der Waals surface area contributed by atoms with Gasteiger partial charge in [0.15, 0.2) is 0 Å². The molecule has 0 fully saturated rings. The molecule has 0 radical (unpaired) electrons. The first-order valence-electron chi connectivity index (χ1n) is 4.84. The molecule has 0 saturated carbocycles. The first kappa shape index (κ1) is 13.7. The van der Waals surface area contributed by atoms with Gasteiger partial charge in [0.05, 0.1) is 22.2 Å². The third-order valence-electron chi connectivity index (χ3n) is 2.26. The van der Waals surface area contributed by atoms with E-state index in [4.69, 9.17) is 11.6 Å². The zero-order valence-corrected chi connectivity index (χ0v) is 12.8. The molecule has 94 valence electrons. The van der Waals surface area contributed by atoms with Crippen LogP contribution in [0.2, 0.25) is 5.02 Å². The molecule has 7 heteroatoms. The van der Waals surface area contributed by atoms with Crippen molar-refractivity contribution in [2.45, 2.75) is 6.54 Å². The number of benzene rings is 1. The molecule has 0 aliphatic rings. The van der Waals surface area contributed by atoms with Crippen molar-refractivity contribution in [3.05, 3.63) is 60.1 Å². The van der Waals surface area contributed by atoms with Crippen molar-refractivity contribution < 1.29 is 4.39 Å². The molecule has 2 rings (SSSR count). The van der Waals surface area contributed by atoms with Crippen LogP contribution in [0.5, 0.6) is 0 Å². The lowest BCUT2D eigenvalue weighted by molar-refractivity contribution is 0.617. The van der Waals surface area contributed by atoms with E-state index in [1.54, 1.807) is 6.07 Å². The zero-order valence-electron chi connectivity index (χ0n) is 8.83. The number of nitrogens with zero attached hydrogens (tertiary/aromatic N) is 2. The van der Waals surface area contributed by atoms with E-state index in [-0.39, 0.29) is 17.1 Å². The van der Waals surface area contributed by atoms with Gasteiger partial charge in [0.2, 0.25) is 0 Å². The zero-order chi connectivity index (χ0) is 13.3. The molecule has 0 aliphatic heterocycles. The lowest BCUT2D eigenvalue weighted by atomic mass is 10.2. The molecule has 2 aromatic rings. The maximum atomic E-state index is 13.0. The van der Waals surface area contributed by atoms with Gasteiger partial charge in [-0.25, -0.2) is 9.07 Å². The van der Waals surface area contributed by atoms with E-state index in [1.165, 1.54) is 23.0 Å². The molecule has 0 saturated heterocycles. The Kier molecular flexibility index (Phi) is 4.19. The van der Waals surface area contributed by atoms with Gasteiger partial charge < -0.3 is 0 Å². The molecule has 0 unspecified atom stereocenters. The fourth-order valence-electron chi connectivity index (χ4n) is 1.37. The summed E-state index contributed by atoms with van der Waals surface area (Å²) < 4.78 is 15.2. The van der Waals surface area contributed by atoms with Gasteiger partial charge in [0, 0.05) is 0 Å². The highest BCUT2D eigenvalue weighted by Crippen LogP contribution is 2.18. The van der Waals surface area contributed by atoms with Crippen molar-refractivity contribution in [1.82, 2.24) is 9.78 Å². The fraction of sp³-hybridized carbons (Fsp3) is 0.0909. The summed E-state index contributed by atoms with van der Waals surface area (Å²) in [6.07, 6.45) is 1.51. The van der Waals surface area contributed by atoms with Gasteiger partial charge in [-0.05, 0) is 49.6 Å². The third kappa shape index (κ3) is 2.81. The highest BCUT2D eigenvalue weighted by atomic mass is 79.9. The van der Waals surface area contributed by atoms with Crippen molar-refractivity contribution in [2.24, 2.45) is 0 Å². The SMILES string of the molecule is O=c1c(Br)c(Br)cnn1Cc1ccc(F)c(Cl)c1. The number of aromatic nitrogens is 2. The second kappa shape index (κ2) is 5.50. The number of hydrogen-bond acceptors (Lipinski definition) is 2. The van der Waals surface area contributed by atoms with Crippen LogP contribution in [0.25, 0.3) is 0 Å². The Morgan fingerprint density at radius 3 is 2.78 bits per heavy atom. The molecule has 18 heavy (non-hydrogen) atoms. The van der Waals surface area contributed by atoms with Gasteiger partial charge in [-0.15, -0.1) is 0 Å². The molecule has 0 bridgehead atoms. The summed E-state index contributed by atoms with van der Waals surface area (Å²) in [5.41, 5.74) is 0.426. The first-order valence-corrected chi connectivity index (χ1v) is 6.80. The first-order chi connectivity index (χ1) is 8.49. The van der Waals surface area contributed by atoms with Crippen LogP contribution in [-0.4, -0.2) is 9.78 Å². The molecule has 1 heterocycles. The number of hydrogen-bond donors (Lipinski definition) is 0. The Bertz CT molecular complexity index is 660. The predicted octanol–water partition coefficient (Wildman–Crippen LogP) is 3.61. The van der Waals surface area contributed by atoms with Crippen LogP contribution in [0.4, 0.5) is 4.39 Å². The van der Waals surface area contributed by atoms with E-state index in [9.17, 15) is 9.18 Å². The predicted molar refractivity (Wildman–Crippen MR) is 74.4 cm³/mol. The van der Waals surface area contributed by atoms with E-state index in [0.717, 1.165) is 0 Å². The third-order valence-corrected chi connectivity index (χ3v) is 4.45. The average molecular weight is 396 g/mol. The molecule has 3 nitrogen and oxygen atoms in total. The normalized spacial score (nSPS) is 10.7. The van der Waals surface area contributed by atoms with Crippen LogP contribution >= 0.6 is 43.5 Å². The van der Waals surface area contributed by atoms with E-state index in [0.29, 0.717) is 14.5 Å². The standard InChI is InChI=1S/C11H6Br2ClFN2O/c12-7-4-16-17(11(18)10(7)13)5-6-1-2-9(15)8(14)3-6/h1-4H,5H2. The molecule has 1 aromatic heterocycles. The van der Waals surface area contributed by atoms with Crippen molar-refractivity contribution in [3.63, 3.8) is 0 Å². The van der Waals surface area contributed by atoms with Crippen molar-refractivity contribution in [3.8, 4) is 0 Å². The maximum absolute atomic E-state index is 13.0. The monoisotopic (exact) mass is 394 g/mol. The molecular weight excluding hydrogens is 390 g/mol. The molecule has 0 spiro atoms. The lowest BCUT2D eigenvalue weighted by Gasteiger charge is -2.06. The van der Waals surface area contributed by atoms with E-state index in [1.807, 2.05) is 0 Å². The van der Waals surface area contributed by atoms with E-state index < -0.39 is 5.82 Å². The van der Waals surface area contributed by atoms with Gasteiger partial charge in [0.1, 0.15) is 10.3 Å². The highest BCUT2D eigenvalue weighted by Gasteiger charge is 2.08. The van der Waals surface area contributed by atoms with Crippen molar-refractivity contribution in [1.29, 1.82) is 0 Å². The largest absolute Gasteiger partial charge is 0.282 e. The summed E-state index contributed by atoms with van der Waals surface area (Å²) in [7, 11) is 0. The smallest absolute Gasteiger partial charge is 0.266 e. The van der Waals surface area contributed by atoms with Gasteiger partial charge in [-0.3, -0.25) is 4.79 Å². The van der Waals surface area contributed by atoms with Crippen LogP contribution in [0, 0.1) is 5.82 Å². The topological polar surface area (TPSA) is 34.9 Å².